The summed E-state index contributed by atoms with van der Waals surface area (Å²) in [6.07, 6.45) is 3.17. The minimum Gasteiger partial charge on any atom is -0.482 e. The first-order chi connectivity index (χ1) is 9.15. The van der Waals surface area contributed by atoms with E-state index < -0.39 is 0 Å². The van der Waals surface area contributed by atoms with E-state index in [0.717, 1.165) is 4.47 Å². The zero-order valence-electron chi connectivity index (χ0n) is 9.97. The number of nitrogens with one attached hydrogen (secondary N) is 1. The summed E-state index contributed by atoms with van der Waals surface area (Å²) in [5.41, 5.74) is 6.81. The number of carbonyl (C=O) groups is 1. The van der Waals surface area contributed by atoms with Crippen molar-refractivity contribution in [2.24, 2.45) is 0 Å². The number of nitrogens with zero attached hydrogens (tertiary/aromatic N) is 1. The third-order valence-electron chi connectivity index (χ3n) is 2.28. The van der Waals surface area contributed by atoms with Crippen LogP contribution >= 0.6 is 15.9 Å². The molecule has 1 amide bonds. The summed E-state index contributed by atoms with van der Waals surface area (Å²) in [4.78, 5) is 15.6. The Labute approximate surface area is 118 Å². The van der Waals surface area contributed by atoms with Gasteiger partial charge < -0.3 is 15.8 Å². The number of rotatable bonds is 4. The molecule has 98 valence electrons. The Morgan fingerprint density at radius 1 is 1.37 bits per heavy atom. The Morgan fingerprint density at radius 3 is 2.89 bits per heavy atom. The summed E-state index contributed by atoms with van der Waals surface area (Å²) in [5.74, 6) is 0.239. The van der Waals surface area contributed by atoms with Gasteiger partial charge in [-0.2, -0.15) is 0 Å². The van der Waals surface area contributed by atoms with Gasteiger partial charge in [-0.3, -0.25) is 9.78 Å². The van der Waals surface area contributed by atoms with Crippen molar-refractivity contribution < 1.29 is 9.53 Å². The molecule has 0 aliphatic carbocycles. The highest BCUT2D eigenvalue weighted by molar-refractivity contribution is 9.10. The summed E-state index contributed by atoms with van der Waals surface area (Å²) < 4.78 is 6.10. The van der Waals surface area contributed by atoms with Crippen molar-refractivity contribution in [3.05, 3.63) is 47.2 Å². The van der Waals surface area contributed by atoms with Gasteiger partial charge in [0, 0.05) is 10.7 Å². The topological polar surface area (TPSA) is 77.2 Å². The number of nitrogen functional groups attached to an aromatic ring is 1. The van der Waals surface area contributed by atoms with Gasteiger partial charge in [-0.15, -0.1) is 0 Å². The summed E-state index contributed by atoms with van der Waals surface area (Å²) in [6.45, 7) is -0.105. The van der Waals surface area contributed by atoms with Crippen LogP contribution in [0.5, 0.6) is 5.75 Å². The molecule has 1 aromatic heterocycles. The molecule has 2 rings (SSSR count). The van der Waals surface area contributed by atoms with Crippen LogP contribution in [0.2, 0.25) is 0 Å². The second-order valence-corrected chi connectivity index (χ2v) is 4.68. The first kappa shape index (κ1) is 13.4. The Hall–Kier alpha value is -2.08. The first-order valence-electron chi connectivity index (χ1n) is 5.53. The summed E-state index contributed by atoms with van der Waals surface area (Å²) in [7, 11) is 0. The van der Waals surface area contributed by atoms with Gasteiger partial charge in [0.15, 0.2) is 6.61 Å². The third-order valence-corrected chi connectivity index (χ3v) is 2.72. The van der Waals surface area contributed by atoms with Crippen molar-refractivity contribution in [3.8, 4) is 5.75 Å². The van der Waals surface area contributed by atoms with E-state index in [9.17, 15) is 4.79 Å². The van der Waals surface area contributed by atoms with Gasteiger partial charge in [0.1, 0.15) is 5.75 Å². The third kappa shape index (κ3) is 3.96. The van der Waals surface area contributed by atoms with E-state index in [1.807, 2.05) is 0 Å². The number of nitrogens with two attached hydrogens (primary N) is 1. The van der Waals surface area contributed by atoms with Gasteiger partial charge in [0.2, 0.25) is 0 Å². The minimum atomic E-state index is -0.280. The summed E-state index contributed by atoms with van der Waals surface area (Å²) in [5, 5.41) is 2.67. The lowest BCUT2D eigenvalue weighted by Gasteiger charge is -2.09. The fraction of sp³-hybridized carbons (Fsp3) is 0.0769. The normalized spacial score (nSPS) is 9.95. The van der Waals surface area contributed by atoms with Crippen LogP contribution in [0.25, 0.3) is 0 Å². The highest BCUT2D eigenvalue weighted by Crippen LogP contribution is 2.17. The van der Waals surface area contributed by atoms with Crippen LogP contribution in [-0.4, -0.2) is 17.5 Å². The van der Waals surface area contributed by atoms with E-state index >= 15 is 0 Å². The van der Waals surface area contributed by atoms with Gasteiger partial charge in [-0.1, -0.05) is 12.1 Å². The molecule has 0 saturated carbocycles. The van der Waals surface area contributed by atoms with Crippen LogP contribution in [0.4, 0.5) is 11.4 Å². The predicted octanol–water partition coefficient (Wildman–Crippen LogP) is 2.44. The number of para-hydroxylation sites is 2. The van der Waals surface area contributed by atoms with Crippen molar-refractivity contribution in [2.45, 2.75) is 0 Å². The van der Waals surface area contributed by atoms with E-state index in [1.54, 1.807) is 36.5 Å². The summed E-state index contributed by atoms with van der Waals surface area (Å²) >= 11 is 3.27. The molecular weight excluding hydrogens is 310 g/mol. The maximum absolute atomic E-state index is 11.7. The van der Waals surface area contributed by atoms with Crippen LogP contribution in [0, 0.1) is 0 Å². The number of ether oxygens (including phenoxy) is 1. The molecule has 0 fully saturated rings. The highest BCUT2D eigenvalue weighted by atomic mass is 79.9. The van der Waals surface area contributed by atoms with Crippen LogP contribution in [0.1, 0.15) is 0 Å². The molecule has 1 heterocycles. The van der Waals surface area contributed by atoms with Crippen molar-refractivity contribution in [2.75, 3.05) is 17.7 Å². The Balaban J connectivity index is 1.90. The number of hydrogen-bond donors (Lipinski definition) is 2. The number of pyridine rings is 1. The zero-order valence-corrected chi connectivity index (χ0v) is 11.6. The fourth-order valence-corrected chi connectivity index (χ4v) is 1.76. The van der Waals surface area contributed by atoms with Crippen molar-refractivity contribution in [1.29, 1.82) is 0 Å². The lowest BCUT2D eigenvalue weighted by molar-refractivity contribution is -0.118. The predicted molar refractivity (Wildman–Crippen MR) is 76.9 cm³/mol. The fourth-order valence-electron chi connectivity index (χ4n) is 1.42. The number of benzene rings is 1. The van der Waals surface area contributed by atoms with Gasteiger partial charge in [0.05, 0.1) is 17.6 Å². The van der Waals surface area contributed by atoms with Crippen LogP contribution in [-0.2, 0) is 4.79 Å². The van der Waals surface area contributed by atoms with Crippen molar-refractivity contribution in [1.82, 2.24) is 4.98 Å². The largest absolute Gasteiger partial charge is 0.482 e. The van der Waals surface area contributed by atoms with Gasteiger partial charge in [0.25, 0.3) is 5.91 Å². The molecule has 19 heavy (non-hydrogen) atoms. The maximum atomic E-state index is 11.7. The van der Waals surface area contributed by atoms with Gasteiger partial charge >= 0.3 is 0 Å². The standard InChI is InChI=1S/C13H12BrN3O2/c14-9-5-10(7-16-6-9)19-8-13(18)17-12-4-2-1-3-11(12)15/h1-7H,8,15H2,(H,17,18). The van der Waals surface area contributed by atoms with E-state index in [4.69, 9.17) is 10.5 Å². The molecule has 0 atom stereocenters. The number of anilines is 2. The molecule has 0 saturated heterocycles. The lowest BCUT2D eigenvalue weighted by Crippen LogP contribution is -2.20. The number of hydrogen-bond acceptors (Lipinski definition) is 4. The van der Waals surface area contributed by atoms with E-state index in [-0.39, 0.29) is 12.5 Å². The Bertz CT molecular complexity index is 590. The second-order valence-electron chi connectivity index (χ2n) is 3.76. The van der Waals surface area contributed by atoms with E-state index in [2.05, 4.69) is 26.2 Å². The molecule has 0 aliphatic heterocycles. The Kier molecular flexibility index (Phi) is 4.35. The average Bonchev–Trinajstić information content (AvgIpc) is 2.39. The summed E-state index contributed by atoms with van der Waals surface area (Å²) in [6, 6.07) is 8.78. The molecule has 1 aromatic carbocycles. The monoisotopic (exact) mass is 321 g/mol. The Morgan fingerprint density at radius 2 is 2.16 bits per heavy atom. The zero-order chi connectivity index (χ0) is 13.7. The molecular formula is C13H12BrN3O2. The molecule has 6 heteroatoms. The molecule has 0 bridgehead atoms. The van der Waals surface area contributed by atoms with E-state index in [1.165, 1.54) is 6.20 Å². The second kappa shape index (κ2) is 6.19. The number of aromatic nitrogens is 1. The quantitative estimate of drug-likeness (QED) is 0.848. The smallest absolute Gasteiger partial charge is 0.262 e. The minimum absolute atomic E-state index is 0.105. The van der Waals surface area contributed by atoms with Gasteiger partial charge in [-0.25, -0.2) is 0 Å². The number of carbonyl (C=O) groups excluding carboxylic acids is 1. The van der Waals surface area contributed by atoms with Crippen molar-refractivity contribution >= 4 is 33.2 Å². The van der Waals surface area contributed by atoms with Crippen LogP contribution in [0.15, 0.2) is 47.2 Å². The molecule has 0 aliphatic rings. The first-order valence-corrected chi connectivity index (χ1v) is 6.32. The molecule has 0 spiro atoms. The average molecular weight is 322 g/mol. The maximum Gasteiger partial charge on any atom is 0.262 e. The highest BCUT2D eigenvalue weighted by Gasteiger charge is 2.06. The molecule has 0 unspecified atom stereocenters. The number of halogens is 1. The molecule has 5 nitrogen and oxygen atoms in total. The number of amides is 1. The van der Waals surface area contributed by atoms with Crippen LogP contribution in [0.3, 0.4) is 0 Å². The van der Waals surface area contributed by atoms with Crippen LogP contribution < -0.4 is 15.8 Å². The molecule has 2 aromatic rings. The molecule has 0 radical (unpaired) electrons. The SMILES string of the molecule is Nc1ccccc1NC(=O)COc1cncc(Br)c1. The van der Waals surface area contributed by atoms with Gasteiger partial charge in [-0.05, 0) is 34.1 Å². The molecule has 3 N–H and O–H groups in total. The van der Waals surface area contributed by atoms with Crippen molar-refractivity contribution in [3.63, 3.8) is 0 Å². The lowest BCUT2D eigenvalue weighted by atomic mass is 10.3. The van der Waals surface area contributed by atoms with E-state index in [0.29, 0.717) is 17.1 Å².